The van der Waals surface area contributed by atoms with Gasteiger partial charge in [-0.1, -0.05) is 0 Å². The van der Waals surface area contributed by atoms with Gasteiger partial charge in [0.05, 0.1) is 12.0 Å². The molecule has 0 bridgehead atoms. The van der Waals surface area contributed by atoms with E-state index in [1.54, 1.807) is 11.2 Å². The lowest BCUT2D eigenvalue weighted by Gasteiger charge is -2.36. The number of hydrogen-bond acceptors (Lipinski definition) is 5. The fourth-order valence-corrected chi connectivity index (χ4v) is 2.78. The van der Waals surface area contributed by atoms with Crippen molar-refractivity contribution in [1.82, 2.24) is 4.90 Å². The lowest BCUT2D eigenvalue weighted by molar-refractivity contribution is 0.0240. The molecule has 3 rings (SSSR count). The molecule has 0 spiro atoms. The maximum absolute atomic E-state index is 12.1. The Bertz CT molecular complexity index is 715. The zero-order valence-electron chi connectivity index (χ0n) is 14.2. The van der Waals surface area contributed by atoms with Crippen LogP contribution in [-0.4, -0.2) is 42.8 Å². The summed E-state index contributed by atoms with van der Waals surface area (Å²) in [4.78, 5) is 16.1. The van der Waals surface area contributed by atoms with E-state index in [2.05, 4.69) is 4.90 Å². The lowest BCUT2D eigenvalue weighted by Crippen LogP contribution is -2.50. The van der Waals surface area contributed by atoms with Crippen molar-refractivity contribution < 1.29 is 13.9 Å². The summed E-state index contributed by atoms with van der Waals surface area (Å²) in [5, 5.41) is 0.995. The molecule has 1 aromatic heterocycles. The molecule has 2 N–H and O–H groups in total. The number of carbonyl (C=O) groups is 1. The molecule has 1 aliphatic heterocycles. The first-order valence-electron chi connectivity index (χ1n) is 7.83. The molecule has 0 radical (unpaired) electrons. The Morgan fingerprint density at radius 2 is 1.88 bits per heavy atom. The summed E-state index contributed by atoms with van der Waals surface area (Å²) in [6, 6.07) is 5.74. The van der Waals surface area contributed by atoms with E-state index in [0.29, 0.717) is 18.8 Å². The van der Waals surface area contributed by atoms with Crippen molar-refractivity contribution in [3.8, 4) is 0 Å². The number of hydrogen-bond donors (Lipinski definition) is 1. The van der Waals surface area contributed by atoms with Crippen LogP contribution in [0.5, 0.6) is 0 Å². The molecule has 0 aliphatic carbocycles. The zero-order chi connectivity index (χ0) is 16.6. The lowest BCUT2D eigenvalue weighted by atomic mass is 10.1. The molecule has 2 aromatic rings. The molecule has 1 fully saturated rings. The number of amides is 1. The Kier molecular flexibility index (Phi) is 5.18. The minimum absolute atomic E-state index is 0. The second-order valence-corrected chi connectivity index (χ2v) is 6.83. The largest absolute Gasteiger partial charge is 0.462 e. The average Bonchev–Trinajstić information content (AvgIpc) is 2.93. The monoisotopic (exact) mass is 353 g/mol. The normalized spacial score (nSPS) is 15.3. The summed E-state index contributed by atoms with van der Waals surface area (Å²) < 4.78 is 11.0. The standard InChI is InChI=1S/C17H23N3O3.ClH/c1-17(2,3)23-16(21)20-7-5-19(6-8-20)14-11-13(18)10-12-4-9-22-15(12)14;/h4,9-11H,5-8,18H2,1-3H3;1H. The second-order valence-electron chi connectivity index (χ2n) is 6.83. The van der Waals surface area contributed by atoms with Crippen molar-refractivity contribution in [2.75, 3.05) is 36.8 Å². The fourth-order valence-electron chi connectivity index (χ4n) is 2.78. The zero-order valence-corrected chi connectivity index (χ0v) is 15.1. The summed E-state index contributed by atoms with van der Waals surface area (Å²) in [5.41, 5.74) is 8.04. The van der Waals surface area contributed by atoms with Crippen LogP contribution in [0.4, 0.5) is 16.2 Å². The van der Waals surface area contributed by atoms with E-state index in [1.165, 1.54) is 0 Å². The van der Waals surface area contributed by atoms with E-state index in [-0.39, 0.29) is 18.5 Å². The molecule has 132 valence electrons. The SMILES string of the molecule is CC(C)(C)OC(=O)N1CCN(c2cc(N)cc3ccoc23)CC1.Cl. The van der Waals surface area contributed by atoms with Crippen molar-refractivity contribution in [3.05, 3.63) is 24.5 Å². The van der Waals surface area contributed by atoms with Crippen molar-refractivity contribution in [1.29, 1.82) is 0 Å². The molecule has 1 amide bonds. The van der Waals surface area contributed by atoms with Gasteiger partial charge in [-0.3, -0.25) is 0 Å². The highest BCUT2D eigenvalue weighted by Crippen LogP contribution is 2.31. The molecular formula is C17H24ClN3O3. The van der Waals surface area contributed by atoms with Gasteiger partial charge in [-0.25, -0.2) is 4.79 Å². The van der Waals surface area contributed by atoms with E-state index in [9.17, 15) is 4.79 Å². The Hall–Kier alpha value is -2.08. The number of piperazine rings is 1. The number of ether oxygens (including phenoxy) is 1. The fraction of sp³-hybridized carbons (Fsp3) is 0.471. The van der Waals surface area contributed by atoms with Crippen LogP contribution in [0, 0.1) is 0 Å². The molecular weight excluding hydrogens is 330 g/mol. The van der Waals surface area contributed by atoms with Crippen molar-refractivity contribution in [2.45, 2.75) is 26.4 Å². The van der Waals surface area contributed by atoms with Gasteiger partial charge in [-0.05, 0) is 39.0 Å². The summed E-state index contributed by atoms with van der Waals surface area (Å²) in [6.45, 7) is 8.30. The average molecular weight is 354 g/mol. The Morgan fingerprint density at radius 1 is 1.21 bits per heavy atom. The molecule has 0 unspecified atom stereocenters. The maximum Gasteiger partial charge on any atom is 0.410 e. The summed E-state index contributed by atoms with van der Waals surface area (Å²) in [7, 11) is 0. The van der Waals surface area contributed by atoms with Crippen LogP contribution in [0.3, 0.4) is 0 Å². The molecule has 2 heterocycles. The van der Waals surface area contributed by atoms with E-state index >= 15 is 0 Å². The summed E-state index contributed by atoms with van der Waals surface area (Å²) in [5.74, 6) is 0. The molecule has 1 aliphatic rings. The Labute approximate surface area is 147 Å². The van der Waals surface area contributed by atoms with Gasteiger partial charge in [0, 0.05) is 37.3 Å². The summed E-state index contributed by atoms with van der Waals surface area (Å²) in [6.07, 6.45) is 1.41. The minimum Gasteiger partial charge on any atom is -0.462 e. The van der Waals surface area contributed by atoms with E-state index in [0.717, 1.165) is 29.7 Å². The van der Waals surface area contributed by atoms with Gasteiger partial charge in [-0.15, -0.1) is 12.4 Å². The van der Waals surface area contributed by atoms with Crippen LogP contribution < -0.4 is 10.6 Å². The quantitative estimate of drug-likeness (QED) is 0.794. The Morgan fingerprint density at radius 3 is 2.50 bits per heavy atom. The van der Waals surface area contributed by atoms with Crippen molar-refractivity contribution >= 4 is 40.8 Å². The van der Waals surface area contributed by atoms with Crippen molar-refractivity contribution in [3.63, 3.8) is 0 Å². The molecule has 0 saturated carbocycles. The third-order valence-electron chi connectivity index (χ3n) is 3.83. The smallest absolute Gasteiger partial charge is 0.410 e. The van der Waals surface area contributed by atoms with Crippen LogP contribution in [-0.2, 0) is 4.74 Å². The number of fused-ring (bicyclic) bond motifs is 1. The van der Waals surface area contributed by atoms with Gasteiger partial charge < -0.3 is 24.7 Å². The highest BCUT2D eigenvalue weighted by Gasteiger charge is 2.27. The van der Waals surface area contributed by atoms with Crippen LogP contribution in [0.25, 0.3) is 11.0 Å². The predicted molar refractivity (Wildman–Crippen MR) is 97.9 cm³/mol. The molecule has 24 heavy (non-hydrogen) atoms. The minimum atomic E-state index is -0.470. The van der Waals surface area contributed by atoms with Gasteiger partial charge in [0.2, 0.25) is 0 Å². The highest BCUT2D eigenvalue weighted by atomic mass is 35.5. The van der Waals surface area contributed by atoms with Gasteiger partial charge in [-0.2, -0.15) is 0 Å². The number of benzene rings is 1. The molecule has 0 atom stereocenters. The molecule has 6 nitrogen and oxygen atoms in total. The number of furan rings is 1. The molecule has 1 aromatic carbocycles. The van der Waals surface area contributed by atoms with Crippen molar-refractivity contribution in [2.24, 2.45) is 0 Å². The molecule has 7 heteroatoms. The maximum atomic E-state index is 12.1. The first-order chi connectivity index (χ1) is 10.8. The number of nitrogen functional groups attached to an aromatic ring is 1. The van der Waals surface area contributed by atoms with E-state index in [4.69, 9.17) is 14.9 Å². The number of nitrogens with zero attached hydrogens (tertiary/aromatic N) is 2. The van der Waals surface area contributed by atoms with Crippen LogP contribution >= 0.6 is 12.4 Å². The van der Waals surface area contributed by atoms with E-state index < -0.39 is 5.60 Å². The van der Waals surface area contributed by atoms with Gasteiger partial charge >= 0.3 is 6.09 Å². The van der Waals surface area contributed by atoms with Crippen LogP contribution in [0.2, 0.25) is 0 Å². The van der Waals surface area contributed by atoms with Crippen LogP contribution in [0.15, 0.2) is 28.9 Å². The first-order valence-corrected chi connectivity index (χ1v) is 7.83. The number of carbonyl (C=O) groups excluding carboxylic acids is 1. The van der Waals surface area contributed by atoms with Gasteiger partial charge in [0.25, 0.3) is 0 Å². The van der Waals surface area contributed by atoms with Gasteiger partial charge in [0.1, 0.15) is 5.60 Å². The van der Waals surface area contributed by atoms with E-state index in [1.807, 2.05) is 39.0 Å². The number of anilines is 2. The third kappa shape index (κ3) is 3.87. The Balaban J connectivity index is 0.00000208. The predicted octanol–water partition coefficient (Wildman–Crippen LogP) is 3.49. The molecule has 1 saturated heterocycles. The number of rotatable bonds is 1. The number of halogens is 1. The third-order valence-corrected chi connectivity index (χ3v) is 3.83. The second kappa shape index (κ2) is 6.81. The topological polar surface area (TPSA) is 71.9 Å². The summed E-state index contributed by atoms with van der Waals surface area (Å²) >= 11 is 0. The first kappa shape index (κ1) is 18.3. The van der Waals surface area contributed by atoms with Crippen LogP contribution in [0.1, 0.15) is 20.8 Å². The van der Waals surface area contributed by atoms with Gasteiger partial charge in [0.15, 0.2) is 5.58 Å². The number of nitrogens with two attached hydrogens (primary N) is 1. The highest BCUT2D eigenvalue weighted by molar-refractivity contribution is 5.92.